The predicted molar refractivity (Wildman–Crippen MR) is 202 cm³/mol. The highest BCUT2D eigenvalue weighted by atomic mass is 35.5. The summed E-state index contributed by atoms with van der Waals surface area (Å²) in [5.41, 5.74) is 4.93. The molecule has 0 spiro atoms. The number of aliphatic hydroxyl groups excluding tert-OH is 3. The number of hydrogen-bond acceptors (Lipinski definition) is 10. The van der Waals surface area contributed by atoms with E-state index in [2.05, 4.69) is 40.5 Å². The monoisotopic (exact) mass is 757 g/mol. The number of primary amides is 1. The van der Waals surface area contributed by atoms with E-state index in [0.717, 1.165) is 32.1 Å². The predicted octanol–water partition coefficient (Wildman–Crippen LogP) is 3.71. The van der Waals surface area contributed by atoms with Gasteiger partial charge in [-0.1, -0.05) is 44.4 Å². The molecule has 12 nitrogen and oxygen atoms in total. The summed E-state index contributed by atoms with van der Waals surface area (Å²) in [6, 6.07) is 5.92. The number of fused-ring (bicyclic) bond motifs is 3. The van der Waals surface area contributed by atoms with Crippen LogP contribution in [0.25, 0.3) is 0 Å². The van der Waals surface area contributed by atoms with Gasteiger partial charge in [0, 0.05) is 17.9 Å². The summed E-state index contributed by atoms with van der Waals surface area (Å²) < 4.78 is 0. The van der Waals surface area contributed by atoms with Crippen molar-refractivity contribution in [3.63, 3.8) is 0 Å². The zero-order valence-electron chi connectivity index (χ0n) is 30.0. The van der Waals surface area contributed by atoms with Crippen LogP contribution >= 0.6 is 21.6 Å². The molecule has 0 saturated carbocycles. The van der Waals surface area contributed by atoms with Gasteiger partial charge in [0.1, 0.15) is 17.1 Å². The number of nitrogens with one attached hydrogen (secondary N) is 1. The average molecular weight is 758 g/mol. The normalized spacial score (nSPS) is 25.4. The number of aryl methyl sites for hydroxylation is 1. The van der Waals surface area contributed by atoms with E-state index in [1.807, 2.05) is 0 Å². The van der Waals surface area contributed by atoms with Gasteiger partial charge in [0.15, 0.2) is 17.1 Å². The van der Waals surface area contributed by atoms with Gasteiger partial charge in [-0.3, -0.25) is 24.1 Å². The molecule has 0 aromatic heterocycles. The quantitative estimate of drug-likeness (QED) is 0.0765. The first kappa shape index (κ1) is 41.0. The van der Waals surface area contributed by atoms with Crippen molar-refractivity contribution in [3.05, 3.63) is 74.7 Å². The standard InChI is InChI=1S/C38H48N3O9P.ClH/c1-17-13-16-23(51)18(2)20(17)11-9-7-6-8-10-12-24(42)40-22-15-14-21-19(3)25-27(32(44)26(21)31(22)43)35(47)38(50)29(33(25)45)30(41(4)5)34(46)28(36(38)48)37(39)49;/h13-16,19,25,29-30,33,43,45-47,50H,6-12,51H2,1-5H3,(H2,39,49)(H,40,42);1H/t19-,25+,29+,30-,33-,38-;/m0./s1. The van der Waals surface area contributed by atoms with Gasteiger partial charge in [-0.25, -0.2) is 0 Å². The molecule has 14 heteroatoms. The smallest absolute Gasteiger partial charge is 0.255 e. The van der Waals surface area contributed by atoms with Gasteiger partial charge in [-0.05, 0) is 86.7 Å². The number of halogens is 1. The highest BCUT2D eigenvalue weighted by Crippen LogP contribution is 2.56. The Balaban J connectivity index is 0.00000605. The first-order valence-corrected chi connectivity index (χ1v) is 17.9. The number of phenols is 1. The lowest BCUT2D eigenvalue weighted by atomic mass is 9.55. The molecule has 0 heterocycles. The number of nitrogens with two attached hydrogens (primary N) is 1. The highest BCUT2D eigenvalue weighted by Gasteiger charge is 2.67. The molecule has 2 aromatic rings. The number of anilines is 1. The maximum atomic E-state index is 14.1. The fraction of sp³-hybridized carbons (Fsp3) is 0.474. The van der Waals surface area contributed by atoms with E-state index >= 15 is 0 Å². The molecule has 7 atom stereocenters. The molecule has 1 unspecified atom stereocenters. The van der Waals surface area contributed by atoms with Crippen molar-refractivity contribution in [2.75, 3.05) is 19.4 Å². The summed E-state index contributed by atoms with van der Waals surface area (Å²) in [4.78, 5) is 54.1. The second-order valence-electron chi connectivity index (χ2n) is 14.4. The second kappa shape index (κ2) is 15.7. The van der Waals surface area contributed by atoms with E-state index < -0.39 is 81.4 Å². The van der Waals surface area contributed by atoms with Crippen molar-refractivity contribution in [1.82, 2.24) is 4.90 Å². The van der Waals surface area contributed by atoms with E-state index in [-0.39, 0.29) is 36.0 Å². The number of Topliss-reactive ketones (excluding diaryl/α,β-unsaturated/α-hetero) is 2. The molecule has 282 valence electrons. The van der Waals surface area contributed by atoms with Crippen molar-refractivity contribution < 1.29 is 44.7 Å². The average Bonchev–Trinajstić information content (AvgIpc) is 3.06. The summed E-state index contributed by atoms with van der Waals surface area (Å²) in [6.07, 6.45) is 4.05. The number of nitrogens with zero attached hydrogens (tertiary/aromatic N) is 1. The van der Waals surface area contributed by atoms with E-state index in [9.17, 15) is 44.7 Å². The van der Waals surface area contributed by atoms with Crippen molar-refractivity contribution in [2.24, 2.45) is 17.6 Å². The second-order valence-corrected chi connectivity index (χ2v) is 15.0. The molecule has 3 aliphatic rings. The molecule has 2 amide bonds. The maximum Gasteiger partial charge on any atom is 0.255 e. The van der Waals surface area contributed by atoms with Gasteiger partial charge in [0.2, 0.25) is 11.7 Å². The number of benzene rings is 2. The Hall–Kier alpha value is -3.80. The van der Waals surface area contributed by atoms with E-state index in [1.165, 1.54) is 47.1 Å². The van der Waals surface area contributed by atoms with Crippen molar-refractivity contribution in [2.45, 2.75) is 89.4 Å². The fourth-order valence-corrected chi connectivity index (χ4v) is 8.62. The molecule has 2 aromatic carbocycles. The number of unbranched alkanes of at least 4 members (excludes halogenated alkanes) is 4. The number of aliphatic hydroxyl groups is 4. The molecule has 8 N–H and O–H groups in total. The number of amides is 2. The van der Waals surface area contributed by atoms with Crippen LogP contribution in [0.2, 0.25) is 0 Å². The molecule has 52 heavy (non-hydrogen) atoms. The van der Waals surface area contributed by atoms with Crippen LogP contribution in [0.5, 0.6) is 5.75 Å². The molecular weight excluding hydrogens is 709 g/mol. The summed E-state index contributed by atoms with van der Waals surface area (Å²) in [5.74, 6) is -10.1. The summed E-state index contributed by atoms with van der Waals surface area (Å²) in [7, 11) is 5.74. The largest absolute Gasteiger partial charge is 0.510 e. The minimum atomic E-state index is -3.00. The lowest BCUT2D eigenvalue weighted by molar-refractivity contribution is -0.162. The van der Waals surface area contributed by atoms with E-state index in [1.54, 1.807) is 13.0 Å². The van der Waals surface area contributed by atoms with Gasteiger partial charge in [0.25, 0.3) is 5.91 Å². The van der Waals surface area contributed by atoms with E-state index in [0.29, 0.717) is 12.0 Å². The zero-order valence-corrected chi connectivity index (χ0v) is 32.0. The van der Waals surface area contributed by atoms with Crippen LogP contribution in [-0.4, -0.2) is 85.7 Å². The zero-order chi connectivity index (χ0) is 37.7. The number of likely N-dealkylation sites (N-methyl/N-ethyl adjacent to an activating group) is 1. The molecule has 0 bridgehead atoms. The molecule has 0 saturated heterocycles. The van der Waals surface area contributed by atoms with Crippen LogP contribution in [0.1, 0.15) is 84.0 Å². The summed E-state index contributed by atoms with van der Waals surface area (Å²) in [6.45, 7) is 5.92. The summed E-state index contributed by atoms with van der Waals surface area (Å²) >= 11 is 0. The number of carbonyl (C=O) groups is 4. The van der Waals surface area contributed by atoms with Gasteiger partial charge in [0.05, 0.1) is 29.3 Å². The third-order valence-corrected chi connectivity index (χ3v) is 11.7. The number of hydrogen-bond donors (Lipinski definition) is 7. The molecule has 0 radical (unpaired) electrons. The van der Waals surface area contributed by atoms with Crippen molar-refractivity contribution in [1.29, 1.82) is 0 Å². The Bertz CT molecular complexity index is 1880. The number of carbonyl (C=O) groups excluding carboxylic acids is 4. The van der Waals surface area contributed by atoms with Crippen LogP contribution in [0.15, 0.2) is 46.9 Å². The Labute approximate surface area is 311 Å². The fourth-order valence-electron chi connectivity index (χ4n) is 8.35. The van der Waals surface area contributed by atoms with Gasteiger partial charge in [-0.2, -0.15) is 0 Å². The highest BCUT2D eigenvalue weighted by molar-refractivity contribution is 7.27. The maximum absolute atomic E-state index is 14.1. The number of phenolic OH excluding ortho intramolecular Hbond substituents is 1. The van der Waals surface area contributed by atoms with Crippen LogP contribution in [0.4, 0.5) is 5.69 Å². The number of rotatable bonds is 11. The van der Waals surface area contributed by atoms with Gasteiger partial charge in [-0.15, -0.1) is 21.6 Å². The Morgan fingerprint density at radius 2 is 1.63 bits per heavy atom. The van der Waals surface area contributed by atoms with Gasteiger partial charge < -0.3 is 36.6 Å². The Kier molecular flexibility index (Phi) is 12.3. The van der Waals surface area contributed by atoms with Crippen LogP contribution in [0.3, 0.4) is 0 Å². The summed E-state index contributed by atoms with van der Waals surface area (Å²) in [5, 5.41) is 61.3. The van der Waals surface area contributed by atoms with Crippen LogP contribution < -0.4 is 16.4 Å². The third-order valence-electron chi connectivity index (χ3n) is 11.1. The minimum Gasteiger partial charge on any atom is -0.510 e. The molecule has 0 aliphatic heterocycles. The molecular formula is C38H49ClN3O9P. The van der Waals surface area contributed by atoms with Gasteiger partial charge >= 0.3 is 0 Å². The topological polar surface area (TPSA) is 211 Å². The van der Waals surface area contributed by atoms with E-state index in [4.69, 9.17) is 5.73 Å². The minimum absolute atomic E-state index is 0. The number of aromatic hydroxyl groups is 1. The van der Waals surface area contributed by atoms with Crippen molar-refractivity contribution in [3.8, 4) is 5.75 Å². The Morgan fingerprint density at radius 1 is 1.00 bits per heavy atom. The third kappa shape index (κ3) is 6.76. The van der Waals surface area contributed by atoms with Crippen LogP contribution in [-0.2, 0) is 20.8 Å². The molecule has 5 rings (SSSR count). The lowest BCUT2D eigenvalue weighted by Crippen LogP contribution is -2.68. The molecule has 3 aliphatic carbocycles. The van der Waals surface area contributed by atoms with Crippen molar-refractivity contribution >= 4 is 56.0 Å². The molecule has 0 fully saturated rings. The van der Waals surface area contributed by atoms with Crippen LogP contribution in [0, 0.1) is 25.7 Å². The first-order chi connectivity index (χ1) is 24.0. The first-order valence-electron chi connectivity index (χ1n) is 17.3. The Morgan fingerprint density at radius 3 is 2.27 bits per heavy atom. The lowest BCUT2D eigenvalue weighted by Gasteiger charge is -2.53. The SMILES string of the molecule is Cc1ccc(P)c(C)c1CCCCCCCC(=O)Nc1ccc2c(c1O)C(=O)C1=C(O)[C@]3(O)C(=O)C(C(N)=O)=C(O)[C@@H](N(C)C)[C@@H]3[C@@H](O)[C@@H]1[C@H]2C.Cl. The number of ketones is 2.